The SMILES string of the molecule is COC(=O)C(Cc1cccc(C)n1)C(=O)O. The van der Waals surface area contributed by atoms with Crippen LogP contribution in [0.2, 0.25) is 0 Å². The van der Waals surface area contributed by atoms with Gasteiger partial charge in [0.1, 0.15) is 0 Å². The van der Waals surface area contributed by atoms with Gasteiger partial charge < -0.3 is 9.84 Å². The van der Waals surface area contributed by atoms with Crippen LogP contribution in [0.1, 0.15) is 11.4 Å². The zero-order valence-corrected chi connectivity index (χ0v) is 9.14. The Morgan fingerprint density at radius 3 is 2.69 bits per heavy atom. The molecular weight excluding hydrogens is 210 g/mol. The highest BCUT2D eigenvalue weighted by molar-refractivity contribution is 5.94. The highest BCUT2D eigenvalue weighted by atomic mass is 16.5. The van der Waals surface area contributed by atoms with E-state index < -0.39 is 17.9 Å². The third-order valence-electron chi connectivity index (χ3n) is 2.14. The Morgan fingerprint density at radius 2 is 2.19 bits per heavy atom. The van der Waals surface area contributed by atoms with Crippen molar-refractivity contribution in [1.29, 1.82) is 0 Å². The fraction of sp³-hybridized carbons (Fsp3) is 0.364. The van der Waals surface area contributed by atoms with Crippen LogP contribution in [0.4, 0.5) is 0 Å². The number of aliphatic carboxylic acids is 1. The van der Waals surface area contributed by atoms with Crippen molar-refractivity contribution >= 4 is 11.9 Å². The maximum Gasteiger partial charge on any atom is 0.320 e. The Balaban J connectivity index is 2.84. The van der Waals surface area contributed by atoms with Crippen molar-refractivity contribution in [3.8, 4) is 0 Å². The number of aromatic nitrogens is 1. The molecule has 1 aromatic rings. The van der Waals surface area contributed by atoms with Crippen LogP contribution in [-0.4, -0.2) is 29.1 Å². The number of nitrogens with zero attached hydrogens (tertiary/aromatic N) is 1. The van der Waals surface area contributed by atoms with E-state index in [-0.39, 0.29) is 6.42 Å². The maximum absolute atomic E-state index is 11.2. The summed E-state index contributed by atoms with van der Waals surface area (Å²) in [6.07, 6.45) is 0.0453. The lowest BCUT2D eigenvalue weighted by Crippen LogP contribution is -2.27. The highest BCUT2D eigenvalue weighted by Gasteiger charge is 2.27. The predicted molar refractivity (Wildman–Crippen MR) is 55.8 cm³/mol. The molecule has 0 saturated carbocycles. The Bertz CT molecular complexity index is 403. The summed E-state index contributed by atoms with van der Waals surface area (Å²) in [5, 5.41) is 8.88. The predicted octanol–water partition coefficient (Wildman–Crippen LogP) is 0.806. The first-order chi connectivity index (χ1) is 7.54. The Hall–Kier alpha value is -1.91. The van der Waals surface area contributed by atoms with Gasteiger partial charge in [-0.3, -0.25) is 14.6 Å². The molecule has 0 radical (unpaired) electrons. The third-order valence-corrected chi connectivity index (χ3v) is 2.14. The molecule has 16 heavy (non-hydrogen) atoms. The maximum atomic E-state index is 11.2. The van der Waals surface area contributed by atoms with E-state index in [0.717, 1.165) is 5.69 Å². The lowest BCUT2D eigenvalue weighted by Gasteiger charge is -2.09. The Morgan fingerprint density at radius 1 is 1.50 bits per heavy atom. The molecule has 1 heterocycles. The molecule has 1 atom stereocenters. The molecule has 0 amide bonds. The molecule has 0 aliphatic rings. The normalized spacial score (nSPS) is 11.9. The van der Waals surface area contributed by atoms with Crippen LogP contribution < -0.4 is 0 Å². The Kier molecular flexibility index (Phi) is 3.99. The topological polar surface area (TPSA) is 76.5 Å². The largest absolute Gasteiger partial charge is 0.481 e. The Labute approximate surface area is 93.1 Å². The van der Waals surface area contributed by atoms with E-state index in [2.05, 4.69) is 9.72 Å². The number of rotatable bonds is 4. The summed E-state index contributed by atoms with van der Waals surface area (Å²) in [4.78, 5) is 26.2. The quantitative estimate of drug-likeness (QED) is 0.603. The van der Waals surface area contributed by atoms with Gasteiger partial charge in [0.2, 0.25) is 0 Å². The molecule has 86 valence electrons. The molecule has 1 rings (SSSR count). The number of carbonyl (C=O) groups excluding carboxylic acids is 1. The van der Waals surface area contributed by atoms with E-state index in [0.29, 0.717) is 5.69 Å². The number of methoxy groups -OCH3 is 1. The number of carboxylic acid groups (broad SMARTS) is 1. The summed E-state index contributed by atoms with van der Waals surface area (Å²) < 4.78 is 4.43. The van der Waals surface area contributed by atoms with Crippen LogP contribution in [-0.2, 0) is 20.7 Å². The van der Waals surface area contributed by atoms with E-state index in [1.807, 2.05) is 0 Å². The first-order valence-electron chi connectivity index (χ1n) is 4.77. The second-order valence-electron chi connectivity index (χ2n) is 3.39. The van der Waals surface area contributed by atoms with Crippen molar-refractivity contribution in [3.05, 3.63) is 29.6 Å². The minimum Gasteiger partial charge on any atom is -0.481 e. The molecule has 0 spiro atoms. The first-order valence-corrected chi connectivity index (χ1v) is 4.77. The van der Waals surface area contributed by atoms with Gasteiger partial charge in [-0.2, -0.15) is 0 Å². The minimum atomic E-state index is -1.20. The van der Waals surface area contributed by atoms with Gasteiger partial charge in [-0.25, -0.2) is 0 Å². The van der Waals surface area contributed by atoms with E-state index >= 15 is 0 Å². The first kappa shape index (κ1) is 12.2. The van der Waals surface area contributed by atoms with Gasteiger partial charge in [-0.1, -0.05) is 6.07 Å². The second-order valence-corrected chi connectivity index (χ2v) is 3.39. The molecule has 0 saturated heterocycles. The van der Waals surface area contributed by atoms with Crippen molar-refractivity contribution in [1.82, 2.24) is 4.98 Å². The summed E-state index contributed by atoms with van der Waals surface area (Å²) in [5.74, 6) is -3.15. The van der Waals surface area contributed by atoms with E-state index in [1.165, 1.54) is 7.11 Å². The average molecular weight is 223 g/mol. The molecule has 0 aromatic carbocycles. The van der Waals surface area contributed by atoms with E-state index in [9.17, 15) is 9.59 Å². The number of hydrogen-bond acceptors (Lipinski definition) is 4. The zero-order chi connectivity index (χ0) is 12.1. The number of ether oxygens (including phenoxy) is 1. The number of carboxylic acids is 1. The standard InChI is InChI=1S/C11H13NO4/c1-7-4-3-5-8(12-7)6-9(10(13)14)11(15)16-2/h3-5,9H,6H2,1-2H3,(H,13,14). The summed E-state index contributed by atoms with van der Waals surface area (Å²) in [7, 11) is 1.17. The molecule has 5 heteroatoms. The number of hydrogen-bond donors (Lipinski definition) is 1. The van der Waals surface area contributed by atoms with Gasteiger partial charge in [0, 0.05) is 17.8 Å². The van der Waals surface area contributed by atoms with Crippen LogP contribution in [0.5, 0.6) is 0 Å². The van der Waals surface area contributed by atoms with Gasteiger partial charge >= 0.3 is 11.9 Å². The fourth-order valence-corrected chi connectivity index (χ4v) is 1.34. The van der Waals surface area contributed by atoms with Crippen LogP contribution in [0.25, 0.3) is 0 Å². The molecule has 1 unspecified atom stereocenters. The highest BCUT2D eigenvalue weighted by Crippen LogP contribution is 2.09. The smallest absolute Gasteiger partial charge is 0.320 e. The van der Waals surface area contributed by atoms with Crippen molar-refractivity contribution in [2.75, 3.05) is 7.11 Å². The second kappa shape index (κ2) is 5.25. The summed E-state index contributed by atoms with van der Waals surface area (Å²) >= 11 is 0. The van der Waals surface area contributed by atoms with Crippen LogP contribution in [0.15, 0.2) is 18.2 Å². The molecule has 0 bridgehead atoms. The molecule has 5 nitrogen and oxygen atoms in total. The van der Waals surface area contributed by atoms with Crippen molar-refractivity contribution in [2.45, 2.75) is 13.3 Å². The van der Waals surface area contributed by atoms with Crippen LogP contribution >= 0.6 is 0 Å². The van der Waals surface area contributed by atoms with E-state index in [4.69, 9.17) is 5.11 Å². The lowest BCUT2D eigenvalue weighted by molar-refractivity contribution is -0.156. The van der Waals surface area contributed by atoms with Crippen LogP contribution in [0.3, 0.4) is 0 Å². The summed E-state index contributed by atoms with van der Waals surface area (Å²) in [6, 6.07) is 5.26. The van der Waals surface area contributed by atoms with Crippen molar-refractivity contribution in [2.24, 2.45) is 5.92 Å². The van der Waals surface area contributed by atoms with Gasteiger partial charge in [-0.15, -0.1) is 0 Å². The molecule has 1 aromatic heterocycles. The molecule has 0 aliphatic carbocycles. The number of carbonyl (C=O) groups is 2. The minimum absolute atomic E-state index is 0.0453. The number of esters is 1. The van der Waals surface area contributed by atoms with Gasteiger partial charge in [0.25, 0.3) is 0 Å². The van der Waals surface area contributed by atoms with Crippen LogP contribution in [0, 0.1) is 12.8 Å². The molecule has 0 fully saturated rings. The fourth-order valence-electron chi connectivity index (χ4n) is 1.34. The van der Waals surface area contributed by atoms with E-state index in [1.54, 1.807) is 25.1 Å². The van der Waals surface area contributed by atoms with Crippen molar-refractivity contribution < 1.29 is 19.4 Å². The zero-order valence-electron chi connectivity index (χ0n) is 9.14. The molecule has 0 aliphatic heterocycles. The number of pyridine rings is 1. The van der Waals surface area contributed by atoms with Crippen molar-refractivity contribution in [3.63, 3.8) is 0 Å². The summed E-state index contributed by atoms with van der Waals surface area (Å²) in [6.45, 7) is 1.80. The van der Waals surface area contributed by atoms with Gasteiger partial charge in [0.15, 0.2) is 5.92 Å². The monoisotopic (exact) mass is 223 g/mol. The average Bonchev–Trinajstić information content (AvgIpc) is 2.24. The molecular formula is C11H13NO4. The lowest BCUT2D eigenvalue weighted by atomic mass is 10.0. The molecule has 1 N–H and O–H groups in total. The number of aryl methyl sites for hydroxylation is 1. The summed E-state index contributed by atoms with van der Waals surface area (Å²) in [5.41, 5.74) is 1.35. The van der Waals surface area contributed by atoms with Gasteiger partial charge in [-0.05, 0) is 19.1 Å². The van der Waals surface area contributed by atoms with Gasteiger partial charge in [0.05, 0.1) is 7.11 Å². The third kappa shape index (κ3) is 3.05.